The van der Waals surface area contributed by atoms with Crippen molar-refractivity contribution in [1.29, 1.82) is 0 Å². The minimum absolute atomic E-state index is 0.506. The first-order valence-corrected chi connectivity index (χ1v) is 3.38. The summed E-state index contributed by atoms with van der Waals surface area (Å²) in [5.74, 6) is 0.700. The molecule has 11 heavy (non-hydrogen) atoms. The first-order valence-electron chi connectivity index (χ1n) is 3.38. The first-order chi connectivity index (χ1) is 5.47. The topological polar surface area (TPSA) is 31.4 Å². The summed E-state index contributed by atoms with van der Waals surface area (Å²) in [5.41, 5.74) is 0.810. The zero-order valence-corrected chi connectivity index (χ0v) is 5.86. The summed E-state index contributed by atoms with van der Waals surface area (Å²) in [6, 6.07) is 5.64. The van der Waals surface area contributed by atoms with Crippen molar-refractivity contribution in [2.45, 2.75) is 0 Å². The van der Waals surface area contributed by atoms with E-state index in [0.29, 0.717) is 12.4 Å². The molecule has 1 aliphatic heterocycles. The van der Waals surface area contributed by atoms with E-state index in [2.05, 4.69) is 9.87 Å². The van der Waals surface area contributed by atoms with Gasteiger partial charge >= 0.3 is 0 Å². The van der Waals surface area contributed by atoms with E-state index >= 15 is 0 Å². The highest BCUT2D eigenvalue weighted by atomic mass is 17.2. The maximum Gasteiger partial charge on any atom is 0.189 e. The molecule has 0 radical (unpaired) electrons. The molecule has 0 spiro atoms. The van der Waals surface area contributed by atoms with Crippen LogP contribution in [0, 0.1) is 0 Å². The minimum atomic E-state index is 0.506. The molecule has 0 N–H and O–H groups in total. The van der Waals surface area contributed by atoms with Crippen molar-refractivity contribution in [2.24, 2.45) is 0 Å². The summed E-state index contributed by atoms with van der Waals surface area (Å²) in [7, 11) is 0. The molecule has 0 saturated heterocycles. The van der Waals surface area contributed by atoms with Gasteiger partial charge in [-0.3, -0.25) is 4.98 Å². The van der Waals surface area contributed by atoms with Crippen molar-refractivity contribution < 1.29 is 9.78 Å². The van der Waals surface area contributed by atoms with Crippen LogP contribution in [-0.2, 0) is 9.78 Å². The molecule has 2 rings (SSSR count). The van der Waals surface area contributed by atoms with E-state index in [0.717, 1.165) is 5.69 Å². The molecule has 0 fully saturated rings. The zero-order valence-electron chi connectivity index (χ0n) is 5.86. The molecule has 0 aliphatic carbocycles. The van der Waals surface area contributed by atoms with Crippen LogP contribution < -0.4 is 0 Å². The summed E-state index contributed by atoms with van der Waals surface area (Å²) in [4.78, 5) is 13.6. The summed E-state index contributed by atoms with van der Waals surface area (Å²) in [5, 5.41) is 0. The van der Waals surface area contributed by atoms with Gasteiger partial charge in [-0.1, -0.05) is 6.07 Å². The van der Waals surface area contributed by atoms with Crippen LogP contribution in [-0.4, -0.2) is 11.6 Å². The quantitative estimate of drug-likeness (QED) is 0.565. The lowest BCUT2D eigenvalue weighted by molar-refractivity contribution is -0.209. The third-order valence-corrected chi connectivity index (χ3v) is 1.40. The minimum Gasteiger partial charge on any atom is -0.335 e. The van der Waals surface area contributed by atoms with E-state index in [1.54, 1.807) is 6.20 Å². The second kappa shape index (κ2) is 2.72. The Morgan fingerprint density at radius 2 is 2.36 bits per heavy atom. The fraction of sp³-hybridized carbons (Fsp3) is 0.125. The normalized spacial score (nSPS) is 15.8. The van der Waals surface area contributed by atoms with Crippen molar-refractivity contribution in [3.63, 3.8) is 0 Å². The maximum absolute atomic E-state index is 4.84. The molecule has 1 aromatic rings. The molecule has 0 unspecified atom stereocenters. The van der Waals surface area contributed by atoms with Gasteiger partial charge in [0.05, 0.1) is 0 Å². The van der Waals surface area contributed by atoms with Crippen molar-refractivity contribution in [1.82, 2.24) is 4.98 Å². The van der Waals surface area contributed by atoms with Crippen molar-refractivity contribution in [3.05, 3.63) is 36.2 Å². The molecule has 0 aromatic carbocycles. The summed E-state index contributed by atoms with van der Waals surface area (Å²) in [6.07, 6.45) is 3.57. The molecule has 0 bridgehead atoms. The van der Waals surface area contributed by atoms with Crippen LogP contribution in [0.15, 0.2) is 30.5 Å². The van der Waals surface area contributed by atoms with Crippen molar-refractivity contribution >= 4 is 5.76 Å². The third kappa shape index (κ3) is 1.23. The van der Waals surface area contributed by atoms with E-state index in [1.165, 1.54) is 0 Å². The molecule has 0 saturated carbocycles. The first kappa shape index (κ1) is 6.37. The van der Waals surface area contributed by atoms with E-state index in [9.17, 15) is 0 Å². The highest BCUT2D eigenvalue weighted by Crippen LogP contribution is 2.17. The second-order valence-electron chi connectivity index (χ2n) is 2.15. The van der Waals surface area contributed by atoms with Crippen molar-refractivity contribution in [2.75, 3.05) is 6.61 Å². The van der Waals surface area contributed by atoms with E-state index in [1.807, 2.05) is 24.3 Å². The van der Waals surface area contributed by atoms with Crippen LogP contribution >= 0.6 is 0 Å². The van der Waals surface area contributed by atoms with Crippen molar-refractivity contribution in [3.8, 4) is 0 Å². The smallest absolute Gasteiger partial charge is 0.189 e. The van der Waals surface area contributed by atoms with Gasteiger partial charge in [0.1, 0.15) is 12.3 Å². The predicted molar refractivity (Wildman–Crippen MR) is 39.3 cm³/mol. The Morgan fingerprint density at radius 1 is 1.36 bits per heavy atom. The number of nitrogens with zero attached hydrogens (tertiary/aromatic N) is 1. The lowest BCUT2D eigenvalue weighted by Gasteiger charge is -1.97. The average Bonchev–Trinajstić information content (AvgIpc) is 2.58. The summed E-state index contributed by atoms with van der Waals surface area (Å²) in [6.45, 7) is 0.506. The van der Waals surface area contributed by atoms with Gasteiger partial charge in [0.25, 0.3) is 0 Å². The number of pyridine rings is 1. The lowest BCUT2D eigenvalue weighted by Crippen LogP contribution is -1.87. The standard InChI is InChI=1S/C8H7NO2/c1-2-5-9-7(3-1)8-4-6-10-11-8/h1-5H,6H2. The van der Waals surface area contributed by atoms with Gasteiger partial charge in [-0.25, -0.2) is 0 Å². The van der Waals surface area contributed by atoms with Gasteiger partial charge in [0, 0.05) is 6.20 Å². The van der Waals surface area contributed by atoms with Gasteiger partial charge in [0.15, 0.2) is 5.76 Å². The highest BCUT2D eigenvalue weighted by Gasteiger charge is 2.09. The average molecular weight is 149 g/mol. The van der Waals surface area contributed by atoms with Crippen LogP contribution in [0.5, 0.6) is 0 Å². The van der Waals surface area contributed by atoms with E-state index < -0.39 is 0 Å². The Balaban J connectivity index is 2.29. The monoisotopic (exact) mass is 149 g/mol. The Bertz CT molecular complexity index is 269. The maximum atomic E-state index is 4.84. The van der Waals surface area contributed by atoms with Crippen LogP contribution in [0.25, 0.3) is 5.76 Å². The van der Waals surface area contributed by atoms with Gasteiger partial charge in [0.2, 0.25) is 0 Å². The van der Waals surface area contributed by atoms with Gasteiger partial charge in [-0.2, -0.15) is 4.89 Å². The molecule has 1 aliphatic rings. The summed E-state index contributed by atoms with van der Waals surface area (Å²) >= 11 is 0. The lowest BCUT2D eigenvalue weighted by atomic mass is 10.3. The number of rotatable bonds is 1. The van der Waals surface area contributed by atoms with Crippen LogP contribution in [0.1, 0.15) is 5.69 Å². The molecule has 1 aromatic heterocycles. The van der Waals surface area contributed by atoms with Crippen LogP contribution in [0.3, 0.4) is 0 Å². The van der Waals surface area contributed by atoms with Gasteiger partial charge < -0.3 is 4.89 Å². The Hall–Kier alpha value is -1.35. The Morgan fingerprint density at radius 3 is 3.00 bits per heavy atom. The Labute approximate surface area is 64.2 Å². The molecule has 3 nitrogen and oxygen atoms in total. The van der Waals surface area contributed by atoms with Gasteiger partial charge in [-0.15, -0.1) is 0 Å². The molecular weight excluding hydrogens is 142 g/mol. The Kier molecular flexibility index (Phi) is 1.57. The molecule has 56 valence electrons. The fourth-order valence-electron chi connectivity index (χ4n) is 0.897. The van der Waals surface area contributed by atoms with Crippen LogP contribution in [0.4, 0.5) is 0 Å². The number of aromatic nitrogens is 1. The van der Waals surface area contributed by atoms with E-state index in [-0.39, 0.29) is 0 Å². The number of hydrogen-bond donors (Lipinski definition) is 0. The number of hydrogen-bond acceptors (Lipinski definition) is 3. The molecule has 2 heterocycles. The second-order valence-corrected chi connectivity index (χ2v) is 2.15. The third-order valence-electron chi connectivity index (χ3n) is 1.40. The van der Waals surface area contributed by atoms with Crippen LogP contribution in [0.2, 0.25) is 0 Å². The molecule has 0 amide bonds. The summed E-state index contributed by atoms with van der Waals surface area (Å²) < 4.78 is 0. The molecule has 0 atom stereocenters. The largest absolute Gasteiger partial charge is 0.335 e. The molecular formula is C8H7NO2. The zero-order chi connectivity index (χ0) is 7.52. The van der Waals surface area contributed by atoms with E-state index in [4.69, 9.17) is 4.89 Å². The predicted octanol–water partition coefficient (Wildman–Crippen LogP) is 1.38. The highest BCUT2D eigenvalue weighted by molar-refractivity contribution is 5.56. The van der Waals surface area contributed by atoms with Gasteiger partial charge in [-0.05, 0) is 18.2 Å². The SMILES string of the molecule is C1=C(c2ccccn2)OOC1. The molecule has 3 heteroatoms. The fourth-order valence-corrected chi connectivity index (χ4v) is 0.897.